The number of rotatable bonds is 11. The Morgan fingerprint density at radius 2 is 1.90 bits per heavy atom. The molecule has 41 heavy (non-hydrogen) atoms. The lowest BCUT2D eigenvalue weighted by atomic mass is 9.66. The molecule has 11 heteroatoms. The first-order valence-electron chi connectivity index (χ1n) is 14.9. The van der Waals surface area contributed by atoms with Crippen molar-refractivity contribution in [3.8, 4) is 5.75 Å². The molecule has 3 unspecified atom stereocenters. The molecule has 4 heterocycles. The maximum absolute atomic E-state index is 14.3. The van der Waals surface area contributed by atoms with Crippen LogP contribution >= 0.6 is 11.8 Å². The number of hydrogen-bond acceptors (Lipinski definition) is 8. The average molecular weight is 589 g/mol. The van der Waals surface area contributed by atoms with Gasteiger partial charge in [-0.25, -0.2) is 0 Å². The number of carbonyl (C=O) groups excluding carboxylic acids is 3. The molecule has 0 aliphatic carbocycles. The van der Waals surface area contributed by atoms with Crippen LogP contribution < -0.4 is 15.4 Å². The van der Waals surface area contributed by atoms with Crippen molar-refractivity contribution in [1.82, 2.24) is 15.1 Å². The number of aliphatic hydroxyl groups excluding tert-OH is 1. The third-order valence-electron chi connectivity index (χ3n) is 9.31. The first kappa shape index (κ1) is 30.1. The van der Waals surface area contributed by atoms with Gasteiger partial charge in [-0.3, -0.25) is 19.3 Å². The van der Waals surface area contributed by atoms with E-state index in [1.807, 2.05) is 32.9 Å². The number of fused-ring (bicyclic) bond motifs is 1. The molecule has 0 aromatic heterocycles. The molecule has 1 aromatic rings. The van der Waals surface area contributed by atoms with Crippen molar-refractivity contribution in [2.75, 3.05) is 57.9 Å². The molecular weight excluding hydrogens is 544 g/mol. The normalized spacial score (nSPS) is 31.8. The number of thioether (sulfide) groups is 1. The van der Waals surface area contributed by atoms with Crippen LogP contribution in [0.3, 0.4) is 0 Å². The minimum atomic E-state index is -0.752. The summed E-state index contributed by atoms with van der Waals surface area (Å²) in [5.41, 5.74) is 0.642. The van der Waals surface area contributed by atoms with Crippen LogP contribution in [0.5, 0.6) is 5.75 Å². The van der Waals surface area contributed by atoms with Gasteiger partial charge in [0.05, 0.1) is 49.1 Å². The predicted octanol–water partition coefficient (Wildman–Crippen LogP) is 1.83. The van der Waals surface area contributed by atoms with Crippen molar-refractivity contribution in [3.63, 3.8) is 0 Å². The number of amides is 3. The number of nitrogens with one attached hydrogen (secondary N) is 2. The Labute approximate surface area is 246 Å². The summed E-state index contributed by atoms with van der Waals surface area (Å²) < 4.78 is 10.2. The van der Waals surface area contributed by atoms with E-state index in [9.17, 15) is 19.5 Å². The quantitative estimate of drug-likeness (QED) is 0.358. The highest BCUT2D eigenvalue weighted by molar-refractivity contribution is 8.02. The fraction of sp³-hybridized carbons (Fsp3) is 0.700. The largest absolute Gasteiger partial charge is 0.494 e. The first-order valence-corrected chi connectivity index (χ1v) is 15.8. The SMILES string of the molecule is CCOc1ccc(NC(=O)[C@@H]2[C@@H]3CC(C)C4(S3)C(C(=O)NCCN3CCOCC3)N([C@@H](CO)C(C)C)C(=O)[C@H]24)cc1. The zero-order valence-electron chi connectivity index (χ0n) is 24.5. The third-order valence-corrected chi connectivity index (χ3v) is 11.4. The molecule has 7 atom stereocenters. The van der Waals surface area contributed by atoms with Gasteiger partial charge in [-0.15, -0.1) is 11.8 Å². The lowest BCUT2D eigenvalue weighted by Gasteiger charge is -2.41. The molecule has 4 aliphatic rings. The van der Waals surface area contributed by atoms with Gasteiger partial charge in [-0.1, -0.05) is 20.8 Å². The average Bonchev–Trinajstić information content (AvgIpc) is 3.54. The highest BCUT2D eigenvalue weighted by Crippen LogP contribution is 2.69. The molecule has 1 aromatic carbocycles. The molecule has 3 N–H and O–H groups in total. The first-order chi connectivity index (χ1) is 19.7. The Morgan fingerprint density at radius 1 is 1.20 bits per heavy atom. The molecule has 226 valence electrons. The van der Waals surface area contributed by atoms with Gasteiger partial charge in [0.25, 0.3) is 0 Å². The second-order valence-electron chi connectivity index (χ2n) is 12.0. The summed E-state index contributed by atoms with van der Waals surface area (Å²) in [6.07, 6.45) is 0.757. The van der Waals surface area contributed by atoms with Gasteiger partial charge in [-0.2, -0.15) is 0 Å². The summed E-state index contributed by atoms with van der Waals surface area (Å²) in [5.74, 6) is -1.05. The molecular formula is C30H44N4O6S. The maximum Gasteiger partial charge on any atom is 0.244 e. The van der Waals surface area contributed by atoms with Crippen molar-refractivity contribution in [2.45, 2.75) is 56.2 Å². The number of ether oxygens (including phenoxy) is 2. The fourth-order valence-corrected chi connectivity index (χ4v) is 9.73. The van der Waals surface area contributed by atoms with Gasteiger partial charge in [0.15, 0.2) is 0 Å². The summed E-state index contributed by atoms with van der Waals surface area (Å²) in [5, 5.41) is 16.5. The topological polar surface area (TPSA) is 120 Å². The van der Waals surface area contributed by atoms with Gasteiger partial charge in [0.2, 0.25) is 17.7 Å². The number of carbonyl (C=O) groups is 3. The molecule has 3 amide bonds. The standard InChI is InChI=1S/C30H44N4O6S/c1-5-40-21-8-6-20(7-9-21)32-27(36)24-23-16-19(4)30(41-23)25(24)29(38)34(22(17-35)18(2)3)26(30)28(37)31-10-11-33-12-14-39-15-13-33/h6-9,18-19,22-26,35H,5,10-17H2,1-4H3,(H,31,37)(H,32,36)/t19?,22-,23-,24+,25-,26?,30?/m0/s1. The molecule has 0 radical (unpaired) electrons. The molecule has 4 fully saturated rings. The lowest BCUT2D eigenvalue weighted by molar-refractivity contribution is -0.143. The van der Waals surface area contributed by atoms with Crippen molar-refractivity contribution < 1.29 is 29.0 Å². The van der Waals surface area contributed by atoms with E-state index < -0.39 is 28.7 Å². The van der Waals surface area contributed by atoms with E-state index in [2.05, 4.69) is 22.5 Å². The van der Waals surface area contributed by atoms with Crippen LogP contribution in [-0.2, 0) is 19.1 Å². The smallest absolute Gasteiger partial charge is 0.244 e. The number of aliphatic hydroxyl groups is 1. The molecule has 4 aliphatic heterocycles. The van der Waals surface area contributed by atoms with E-state index >= 15 is 0 Å². The highest BCUT2D eigenvalue weighted by Gasteiger charge is 2.76. The molecule has 0 saturated carbocycles. The highest BCUT2D eigenvalue weighted by atomic mass is 32.2. The van der Waals surface area contributed by atoms with Crippen molar-refractivity contribution in [1.29, 1.82) is 0 Å². The summed E-state index contributed by atoms with van der Waals surface area (Å²) in [6.45, 7) is 12.5. The van der Waals surface area contributed by atoms with Crippen LogP contribution in [0.1, 0.15) is 34.1 Å². The van der Waals surface area contributed by atoms with Crippen molar-refractivity contribution in [3.05, 3.63) is 24.3 Å². The second kappa shape index (κ2) is 12.5. The molecule has 5 rings (SSSR count). The minimum absolute atomic E-state index is 0.0564. The summed E-state index contributed by atoms with van der Waals surface area (Å²) >= 11 is 1.65. The van der Waals surface area contributed by atoms with Crippen LogP contribution in [0.2, 0.25) is 0 Å². The van der Waals surface area contributed by atoms with Crippen LogP contribution in [0.15, 0.2) is 24.3 Å². The Hall–Kier alpha value is -2.34. The monoisotopic (exact) mass is 588 g/mol. The van der Waals surface area contributed by atoms with Crippen LogP contribution in [-0.4, -0.2) is 107 Å². The van der Waals surface area contributed by atoms with Gasteiger partial charge in [-0.05, 0) is 49.4 Å². The maximum atomic E-state index is 14.3. The van der Waals surface area contributed by atoms with Crippen molar-refractivity contribution >= 4 is 35.2 Å². The van der Waals surface area contributed by atoms with Crippen LogP contribution in [0, 0.1) is 23.7 Å². The Kier molecular flexibility index (Phi) is 9.18. The summed E-state index contributed by atoms with van der Waals surface area (Å²) in [7, 11) is 0. The number of nitrogens with zero attached hydrogens (tertiary/aromatic N) is 2. The van der Waals surface area contributed by atoms with Crippen molar-refractivity contribution in [2.24, 2.45) is 23.7 Å². The Morgan fingerprint density at radius 3 is 2.54 bits per heavy atom. The predicted molar refractivity (Wildman–Crippen MR) is 158 cm³/mol. The molecule has 1 spiro atoms. The fourth-order valence-electron chi connectivity index (χ4n) is 7.32. The summed E-state index contributed by atoms with van der Waals surface area (Å²) in [4.78, 5) is 46.1. The molecule has 10 nitrogen and oxygen atoms in total. The van der Waals surface area contributed by atoms with E-state index in [0.29, 0.717) is 38.6 Å². The number of likely N-dealkylation sites (tertiary alicyclic amines) is 1. The van der Waals surface area contributed by atoms with E-state index in [4.69, 9.17) is 9.47 Å². The van der Waals surface area contributed by atoms with Crippen LogP contribution in [0.4, 0.5) is 5.69 Å². The van der Waals surface area contributed by atoms with E-state index in [1.54, 1.807) is 28.8 Å². The second-order valence-corrected chi connectivity index (χ2v) is 13.5. The number of anilines is 1. The number of morpholine rings is 1. The molecule has 4 saturated heterocycles. The molecule has 2 bridgehead atoms. The zero-order chi connectivity index (χ0) is 29.3. The number of hydrogen-bond donors (Lipinski definition) is 3. The van der Waals surface area contributed by atoms with E-state index in [1.165, 1.54) is 0 Å². The summed E-state index contributed by atoms with van der Waals surface area (Å²) in [6, 6.07) is 5.96. The Balaban J connectivity index is 1.40. The van der Waals surface area contributed by atoms with Gasteiger partial charge >= 0.3 is 0 Å². The van der Waals surface area contributed by atoms with Crippen LogP contribution in [0.25, 0.3) is 0 Å². The van der Waals surface area contributed by atoms with Gasteiger partial charge in [0.1, 0.15) is 11.8 Å². The number of benzene rings is 1. The van der Waals surface area contributed by atoms with Gasteiger partial charge < -0.3 is 30.1 Å². The Bertz CT molecular complexity index is 1110. The minimum Gasteiger partial charge on any atom is -0.494 e. The lowest BCUT2D eigenvalue weighted by Crippen LogP contribution is -2.59. The van der Waals surface area contributed by atoms with E-state index in [-0.39, 0.29) is 41.4 Å². The third kappa shape index (κ3) is 5.46. The van der Waals surface area contributed by atoms with E-state index in [0.717, 1.165) is 25.3 Å². The zero-order valence-corrected chi connectivity index (χ0v) is 25.3. The van der Waals surface area contributed by atoms with Gasteiger partial charge in [0, 0.05) is 37.1 Å².